The largest absolute Gasteiger partial charge is 0.368 e. The molecule has 0 aliphatic carbocycles. The van der Waals surface area contributed by atoms with E-state index in [1.54, 1.807) is 17.4 Å². The highest BCUT2D eigenvalue weighted by molar-refractivity contribution is 7.25. The molecule has 0 bridgehead atoms. The van der Waals surface area contributed by atoms with E-state index in [0.717, 1.165) is 15.5 Å². The third kappa shape index (κ3) is 2.23. The van der Waals surface area contributed by atoms with Gasteiger partial charge in [-0.15, -0.1) is 11.3 Å². The summed E-state index contributed by atoms with van der Waals surface area (Å²) in [5.74, 6) is -0.846. The predicted octanol–water partition coefficient (Wildman–Crippen LogP) is 2.27. The SMILES string of the molecule is NC(=O)CNC(=O)c1ccc2sc3ccccc3c2c1. The molecule has 0 unspecified atom stereocenters. The second-order valence-electron chi connectivity index (χ2n) is 4.46. The van der Waals surface area contributed by atoms with Crippen molar-refractivity contribution in [3.05, 3.63) is 48.0 Å². The molecular weight excluding hydrogens is 272 g/mol. The lowest BCUT2D eigenvalue weighted by atomic mass is 10.1. The Labute approximate surface area is 119 Å². The molecule has 0 saturated heterocycles. The molecule has 2 amide bonds. The molecule has 0 saturated carbocycles. The highest BCUT2D eigenvalue weighted by Gasteiger charge is 2.10. The molecule has 0 spiro atoms. The minimum Gasteiger partial charge on any atom is -0.368 e. The first kappa shape index (κ1) is 12.6. The van der Waals surface area contributed by atoms with E-state index in [2.05, 4.69) is 11.4 Å². The fraction of sp³-hybridized carbons (Fsp3) is 0.0667. The van der Waals surface area contributed by atoms with Gasteiger partial charge in [-0.25, -0.2) is 0 Å². The topological polar surface area (TPSA) is 72.2 Å². The summed E-state index contributed by atoms with van der Waals surface area (Å²) < 4.78 is 2.33. The van der Waals surface area contributed by atoms with Crippen molar-refractivity contribution in [1.29, 1.82) is 0 Å². The molecule has 0 radical (unpaired) electrons. The quantitative estimate of drug-likeness (QED) is 0.774. The van der Waals surface area contributed by atoms with Gasteiger partial charge in [0, 0.05) is 25.7 Å². The Morgan fingerprint density at radius 1 is 1.05 bits per heavy atom. The standard InChI is InChI=1S/C15H12N2O2S/c16-14(18)8-17-15(19)9-5-6-13-11(7-9)10-3-1-2-4-12(10)20-13/h1-7H,8H2,(H2,16,18)(H,17,19). The van der Waals surface area contributed by atoms with Gasteiger partial charge in [0.1, 0.15) is 0 Å². The Bertz CT molecular complexity index is 823. The van der Waals surface area contributed by atoms with Crippen LogP contribution in [0.2, 0.25) is 0 Å². The molecule has 1 heterocycles. The van der Waals surface area contributed by atoms with Crippen LogP contribution in [0.25, 0.3) is 20.2 Å². The van der Waals surface area contributed by atoms with E-state index in [0.29, 0.717) is 5.56 Å². The molecular formula is C15H12N2O2S. The number of rotatable bonds is 3. The summed E-state index contributed by atoms with van der Waals surface area (Å²) >= 11 is 1.69. The maximum Gasteiger partial charge on any atom is 0.251 e. The van der Waals surface area contributed by atoms with Gasteiger partial charge < -0.3 is 11.1 Å². The molecule has 0 aliphatic heterocycles. The van der Waals surface area contributed by atoms with Gasteiger partial charge in [0.15, 0.2) is 0 Å². The summed E-state index contributed by atoms with van der Waals surface area (Å²) in [6.45, 7) is -0.152. The normalized spacial score (nSPS) is 10.8. The molecule has 20 heavy (non-hydrogen) atoms. The van der Waals surface area contributed by atoms with E-state index in [1.807, 2.05) is 30.3 Å². The zero-order chi connectivity index (χ0) is 14.1. The van der Waals surface area contributed by atoms with Crippen LogP contribution in [0.1, 0.15) is 10.4 Å². The van der Waals surface area contributed by atoms with Gasteiger partial charge in [-0.2, -0.15) is 0 Å². The molecule has 3 N–H and O–H groups in total. The minimum absolute atomic E-state index is 0.152. The van der Waals surface area contributed by atoms with Crippen molar-refractivity contribution in [2.75, 3.05) is 6.54 Å². The van der Waals surface area contributed by atoms with Crippen LogP contribution in [-0.2, 0) is 4.79 Å². The average molecular weight is 284 g/mol. The van der Waals surface area contributed by atoms with Gasteiger partial charge in [0.2, 0.25) is 5.91 Å². The summed E-state index contributed by atoms with van der Waals surface area (Å²) in [5.41, 5.74) is 5.55. The number of primary amides is 1. The maximum atomic E-state index is 11.9. The van der Waals surface area contributed by atoms with E-state index in [-0.39, 0.29) is 12.5 Å². The second kappa shape index (κ2) is 4.94. The first-order valence-electron chi connectivity index (χ1n) is 6.13. The number of nitrogens with one attached hydrogen (secondary N) is 1. The number of carbonyl (C=O) groups is 2. The lowest BCUT2D eigenvalue weighted by Gasteiger charge is -2.03. The van der Waals surface area contributed by atoms with E-state index in [4.69, 9.17) is 5.73 Å². The Balaban J connectivity index is 2.03. The van der Waals surface area contributed by atoms with E-state index >= 15 is 0 Å². The minimum atomic E-state index is -0.555. The summed E-state index contributed by atoms with van der Waals surface area (Å²) in [6, 6.07) is 13.6. The molecule has 2 aromatic carbocycles. The Morgan fingerprint density at radius 3 is 2.60 bits per heavy atom. The summed E-state index contributed by atoms with van der Waals surface area (Å²) in [7, 11) is 0. The van der Waals surface area contributed by atoms with Gasteiger partial charge in [-0.05, 0) is 24.3 Å². The predicted molar refractivity (Wildman–Crippen MR) is 80.9 cm³/mol. The number of amides is 2. The number of hydrogen-bond acceptors (Lipinski definition) is 3. The summed E-state index contributed by atoms with van der Waals surface area (Å²) in [6.07, 6.45) is 0. The number of carbonyl (C=O) groups excluding carboxylic acids is 2. The molecule has 4 nitrogen and oxygen atoms in total. The van der Waals surface area contributed by atoms with Crippen LogP contribution in [0.15, 0.2) is 42.5 Å². The molecule has 0 aliphatic rings. The molecule has 100 valence electrons. The number of hydrogen-bond donors (Lipinski definition) is 2. The zero-order valence-electron chi connectivity index (χ0n) is 10.6. The lowest BCUT2D eigenvalue weighted by molar-refractivity contribution is -0.117. The average Bonchev–Trinajstić information content (AvgIpc) is 2.82. The molecule has 0 fully saturated rings. The highest BCUT2D eigenvalue weighted by atomic mass is 32.1. The summed E-state index contributed by atoms with van der Waals surface area (Å²) in [4.78, 5) is 22.6. The van der Waals surface area contributed by atoms with E-state index < -0.39 is 5.91 Å². The maximum absolute atomic E-state index is 11.9. The second-order valence-corrected chi connectivity index (χ2v) is 5.54. The number of thiophene rings is 1. The van der Waals surface area contributed by atoms with Crippen molar-refractivity contribution in [3.8, 4) is 0 Å². The van der Waals surface area contributed by atoms with Crippen LogP contribution >= 0.6 is 11.3 Å². The van der Waals surface area contributed by atoms with Gasteiger partial charge in [-0.3, -0.25) is 9.59 Å². The fourth-order valence-electron chi connectivity index (χ4n) is 2.14. The van der Waals surface area contributed by atoms with Crippen LogP contribution < -0.4 is 11.1 Å². The van der Waals surface area contributed by atoms with Crippen molar-refractivity contribution in [1.82, 2.24) is 5.32 Å². The number of benzene rings is 2. The third-order valence-corrected chi connectivity index (χ3v) is 4.21. The monoisotopic (exact) mass is 284 g/mol. The van der Waals surface area contributed by atoms with Crippen molar-refractivity contribution in [3.63, 3.8) is 0 Å². The Hall–Kier alpha value is -2.40. The first-order chi connectivity index (χ1) is 9.65. The van der Waals surface area contributed by atoms with Crippen molar-refractivity contribution >= 4 is 43.3 Å². The van der Waals surface area contributed by atoms with E-state index in [1.165, 1.54) is 4.70 Å². The molecule has 3 rings (SSSR count). The van der Waals surface area contributed by atoms with Gasteiger partial charge in [-0.1, -0.05) is 18.2 Å². The van der Waals surface area contributed by atoms with Crippen molar-refractivity contribution in [2.24, 2.45) is 5.73 Å². The Kier molecular flexibility index (Phi) is 3.12. The van der Waals surface area contributed by atoms with Crippen LogP contribution in [0.3, 0.4) is 0 Å². The van der Waals surface area contributed by atoms with Gasteiger partial charge >= 0.3 is 0 Å². The van der Waals surface area contributed by atoms with Gasteiger partial charge in [0.05, 0.1) is 6.54 Å². The molecule has 5 heteroatoms. The first-order valence-corrected chi connectivity index (χ1v) is 6.94. The lowest BCUT2D eigenvalue weighted by Crippen LogP contribution is -2.33. The van der Waals surface area contributed by atoms with Crippen molar-refractivity contribution in [2.45, 2.75) is 0 Å². The molecule has 3 aromatic rings. The number of fused-ring (bicyclic) bond motifs is 3. The number of nitrogens with two attached hydrogens (primary N) is 1. The smallest absolute Gasteiger partial charge is 0.251 e. The summed E-state index contributed by atoms with van der Waals surface area (Å²) in [5, 5.41) is 4.68. The van der Waals surface area contributed by atoms with Gasteiger partial charge in [0.25, 0.3) is 5.91 Å². The highest BCUT2D eigenvalue weighted by Crippen LogP contribution is 2.33. The van der Waals surface area contributed by atoms with Crippen LogP contribution in [-0.4, -0.2) is 18.4 Å². The van der Waals surface area contributed by atoms with Crippen LogP contribution in [0.4, 0.5) is 0 Å². The van der Waals surface area contributed by atoms with E-state index in [9.17, 15) is 9.59 Å². The zero-order valence-corrected chi connectivity index (χ0v) is 11.4. The fourth-order valence-corrected chi connectivity index (χ4v) is 3.22. The third-order valence-electron chi connectivity index (χ3n) is 3.06. The van der Waals surface area contributed by atoms with Crippen LogP contribution in [0, 0.1) is 0 Å². The molecule has 1 aromatic heterocycles. The van der Waals surface area contributed by atoms with Crippen LogP contribution in [0.5, 0.6) is 0 Å². The van der Waals surface area contributed by atoms with Crippen molar-refractivity contribution < 1.29 is 9.59 Å². The molecule has 0 atom stereocenters. The Morgan fingerprint density at radius 2 is 1.80 bits per heavy atom.